The molecule has 2 aliphatic rings. The number of carbonyl (C=O) groups is 3. The molecule has 0 bridgehead atoms. The van der Waals surface area contributed by atoms with E-state index in [2.05, 4.69) is 26.0 Å². The summed E-state index contributed by atoms with van der Waals surface area (Å²) >= 11 is 0. The molecule has 1 unspecified atom stereocenters. The summed E-state index contributed by atoms with van der Waals surface area (Å²) in [6, 6.07) is 9.34. The van der Waals surface area contributed by atoms with E-state index in [9.17, 15) is 14.4 Å². The van der Waals surface area contributed by atoms with E-state index in [4.69, 9.17) is 4.52 Å². The minimum absolute atomic E-state index is 0.0646. The highest BCUT2D eigenvalue weighted by Crippen LogP contribution is 2.37. The molecule has 2 fully saturated rings. The third kappa shape index (κ3) is 3.77. The zero-order valence-electron chi connectivity index (χ0n) is 16.9. The monoisotopic (exact) mass is 421 g/mol. The fourth-order valence-electron chi connectivity index (χ4n) is 4.39. The molecule has 1 aromatic heterocycles. The van der Waals surface area contributed by atoms with Crippen LogP contribution in [-0.2, 0) is 14.4 Å². The number of piperidine rings is 1. The number of nitrogens with one attached hydrogen (secondary N) is 3. The third-order valence-electron chi connectivity index (χ3n) is 5.94. The molecule has 3 heterocycles. The number of rotatable bonds is 4. The van der Waals surface area contributed by atoms with Crippen LogP contribution in [0.2, 0.25) is 0 Å². The molecule has 3 N–H and O–H groups in total. The van der Waals surface area contributed by atoms with Gasteiger partial charge < -0.3 is 15.2 Å². The van der Waals surface area contributed by atoms with Crippen molar-refractivity contribution in [1.82, 2.24) is 20.7 Å². The van der Waals surface area contributed by atoms with Crippen molar-refractivity contribution in [2.24, 2.45) is 0 Å². The Morgan fingerprint density at radius 1 is 1.16 bits per heavy atom. The number of aromatic nitrogens is 1. The van der Waals surface area contributed by atoms with Gasteiger partial charge in [0, 0.05) is 43.7 Å². The molecule has 160 valence electrons. The van der Waals surface area contributed by atoms with Crippen molar-refractivity contribution in [1.29, 1.82) is 0 Å². The van der Waals surface area contributed by atoms with E-state index in [-0.39, 0.29) is 24.1 Å². The highest BCUT2D eigenvalue weighted by molar-refractivity contribution is 6.14. The van der Waals surface area contributed by atoms with E-state index in [0.29, 0.717) is 29.9 Å². The van der Waals surface area contributed by atoms with Gasteiger partial charge in [0.15, 0.2) is 5.58 Å². The summed E-state index contributed by atoms with van der Waals surface area (Å²) in [5.74, 6) is -1.24. The lowest BCUT2D eigenvalue weighted by Gasteiger charge is -2.26. The average molecular weight is 421 g/mol. The van der Waals surface area contributed by atoms with Crippen LogP contribution >= 0.6 is 0 Å². The minimum atomic E-state index is -0.546. The first-order valence-electron chi connectivity index (χ1n) is 10.5. The van der Waals surface area contributed by atoms with Crippen molar-refractivity contribution in [3.8, 4) is 0 Å². The van der Waals surface area contributed by atoms with Crippen LogP contribution in [0.1, 0.15) is 24.5 Å². The smallest absolute Gasteiger partial charge is 0.238 e. The average Bonchev–Trinajstić information content (AvgIpc) is 3.19. The Kier molecular flexibility index (Phi) is 5.13. The summed E-state index contributed by atoms with van der Waals surface area (Å²) in [4.78, 5) is 38.7. The standard InChI is InChI=1S/C22H23N5O4/c28-18-7-5-15(22(30)25-18)21-20-14-2-1-3-16(13(14)4-6-17(20)31-26-21)24-19(29)12-27-10-8-23-9-11-27/h1-4,6,15,23H,5,7-12H2,(H,24,29)(H,25,28,30). The topological polar surface area (TPSA) is 117 Å². The molecule has 0 radical (unpaired) electrons. The van der Waals surface area contributed by atoms with Crippen molar-refractivity contribution in [2.75, 3.05) is 38.0 Å². The number of piperazine rings is 1. The number of imide groups is 1. The van der Waals surface area contributed by atoms with Crippen LogP contribution in [0.4, 0.5) is 5.69 Å². The van der Waals surface area contributed by atoms with E-state index >= 15 is 0 Å². The maximum absolute atomic E-state index is 12.6. The van der Waals surface area contributed by atoms with Crippen LogP contribution in [0, 0.1) is 0 Å². The van der Waals surface area contributed by atoms with Gasteiger partial charge in [0.05, 0.1) is 17.8 Å². The lowest BCUT2D eigenvalue weighted by Crippen LogP contribution is -2.46. The van der Waals surface area contributed by atoms with E-state index < -0.39 is 5.92 Å². The Morgan fingerprint density at radius 3 is 2.81 bits per heavy atom. The first-order chi connectivity index (χ1) is 15.1. The molecule has 9 nitrogen and oxygen atoms in total. The highest BCUT2D eigenvalue weighted by Gasteiger charge is 2.32. The van der Waals surface area contributed by atoms with Gasteiger partial charge in [0.25, 0.3) is 0 Å². The van der Waals surface area contributed by atoms with Crippen molar-refractivity contribution in [3.63, 3.8) is 0 Å². The molecule has 2 aromatic carbocycles. The van der Waals surface area contributed by atoms with Gasteiger partial charge in [0.1, 0.15) is 5.69 Å². The Bertz CT molecular complexity index is 1180. The van der Waals surface area contributed by atoms with E-state index in [1.165, 1.54) is 0 Å². The lowest BCUT2D eigenvalue weighted by molar-refractivity contribution is -0.134. The number of amides is 3. The fourth-order valence-corrected chi connectivity index (χ4v) is 4.39. The van der Waals surface area contributed by atoms with Crippen LogP contribution in [0.25, 0.3) is 21.7 Å². The second-order valence-corrected chi connectivity index (χ2v) is 7.99. The molecule has 0 aliphatic carbocycles. The summed E-state index contributed by atoms with van der Waals surface area (Å²) < 4.78 is 5.49. The number of nitrogens with zero attached hydrogens (tertiary/aromatic N) is 2. The van der Waals surface area contributed by atoms with E-state index in [0.717, 1.165) is 42.3 Å². The van der Waals surface area contributed by atoms with Crippen LogP contribution < -0.4 is 16.0 Å². The number of anilines is 1. The van der Waals surface area contributed by atoms with Gasteiger partial charge in [-0.15, -0.1) is 0 Å². The molecule has 0 spiro atoms. The summed E-state index contributed by atoms with van der Waals surface area (Å²) in [6.07, 6.45) is 0.659. The van der Waals surface area contributed by atoms with Crippen LogP contribution in [0.3, 0.4) is 0 Å². The number of hydrogen-bond acceptors (Lipinski definition) is 7. The minimum Gasteiger partial charge on any atom is -0.356 e. The Morgan fingerprint density at radius 2 is 2.00 bits per heavy atom. The second kappa shape index (κ2) is 8.09. The maximum Gasteiger partial charge on any atom is 0.238 e. The van der Waals surface area contributed by atoms with Crippen LogP contribution in [0.15, 0.2) is 34.9 Å². The number of carbonyl (C=O) groups excluding carboxylic acids is 3. The molecular formula is C22H23N5O4. The number of benzene rings is 2. The predicted octanol–water partition coefficient (Wildman–Crippen LogP) is 1.34. The summed E-state index contributed by atoms with van der Waals surface area (Å²) in [5.41, 5.74) is 1.79. The molecule has 9 heteroatoms. The Balaban J connectivity index is 1.48. The van der Waals surface area contributed by atoms with E-state index in [1.807, 2.05) is 24.3 Å². The van der Waals surface area contributed by atoms with Gasteiger partial charge in [-0.3, -0.25) is 24.6 Å². The molecule has 2 aliphatic heterocycles. The van der Waals surface area contributed by atoms with Gasteiger partial charge in [0.2, 0.25) is 17.7 Å². The largest absolute Gasteiger partial charge is 0.356 e. The summed E-state index contributed by atoms with van der Waals surface area (Å²) in [7, 11) is 0. The van der Waals surface area contributed by atoms with Gasteiger partial charge in [-0.2, -0.15) is 0 Å². The molecule has 2 saturated heterocycles. The molecule has 5 rings (SSSR count). The molecule has 3 amide bonds. The van der Waals surface area contributed by atoms with Crippen LogP contribution in [0.5, 0.6) is 0 Å². The highest BCUT2D eigenvalue weighted by atomic mass is 16.5. The third-order valence-corrected chi connectivity index (χ3v) is 5.94. The van der Waals surface area contributed by atoms with Crippen molar-refractivity contribution < 1.29 is 18.9 Å². The maximum atomic E-state index is 12.6. The van der Waals surface area contributed by atoms with Crippen molar-refractivity contribution in [3.05, 3.63) is 36.0 Å². The summed E-state index contributed by atoms with van der Waals surface area (Å²) in [6.45, 7) is 3.81. The van der Waals surface area contributed by atoms with E-state index in [1.54, 1.807) is 6.07 Å². The normalized spacial score (nSPS) is 20.2. The molecule has 0 saturated carbocycles. The zero-order chi connectivity index (χ0) is 21.4. The zero-order valence-corrected chi connectivity index (χ0v) is 16.9. The van der Waals surface area contributed by atoms with Gasteiger partial charge in [-0.25, -0.2) is 0 Å². The predicted molar refractivity (Wildman–Crippen MR) is 115 cm³/mol. The quantitative estimate of drug-likeness (QED) is 0.545. The van der Waals surface area contributed by atoms with Crippen molar-refractivity contribution >= 4 is 45.2 Å². The number of fused-ring (bicyclic) bond motifs is 3. The number of hydrogen-bond donors (Lipinski definition) is 3. The molecule has 31 heavy (non-hydrogen) atoms. The lowest BCUT2D eigenvalue weighted by atomic mass is 9.91. The first-order valence-corrected chi connectivity index (χ1v) is 10.5. The molecule has 3 aromatic rings. The van der Waals surface area contributed by atoms with Crippen LogP contribution in [-0.4, -0.2) is 60.5 Å². The van der Waals surface area contributed by atoms with Gasteiger partial charge in [-0.1, -0.05) is 17.3 Å². The fraction of sp³-hybridized carbons (Fsp3) is 0.364. The SMILES string of the molecule is O=C1CCC(c2noc3ccc4c(NC(=O)CN5CCNCC5)cccc4c23)C(=O)N1. The second-order valence-electron chi connectivity index (χ2n) is 7.99. The first kappa shape index (κ1) is 19.7. The van der Waals surface area contributed by atoms with Gasteiger partial charge in [-0.05, 0) is 30.0 Å². The Hall–Kier alpha value is -3.30. The molecular weight excluding hydrogens is 398 g/mol. The molecule has 1 atom stereocenters. The van der Waals surface area contributed by atoms with Crippen molar-refractivity contribution in [2.45, 2.75) is 18.8 Å². The van der Waals surface area contributed by atoms with Gasteiger partial charge >= 0.3 is 0 Å². The summed E-state index contributed by atoms with van der Waals surface area (Å²) in [5, 5.41) is 15.3. The Labute approximate surface area is 178 Å².